The fourth-order valence-electron chi connectivity index (χ4n) is 2.74. The van der Waals surface area contributed by atoms with Crippen LogP contribution in [0.25, 0.3) is 6.08 Å². The number of thioether (sulfide) groups is 1. The summed E-state index contributed by atoms with van der Waals surface area (Å²) in [5.74, 6) is 0.984. The first kappa shape index (κ1) is 24.7. The zero-order valence-electron chi connectivity index (χ0n) is 16.7. The molecule has 7 nitrogen and oxygen atoms in total. The molecule has 2 aromatic rings. The molecule has 10 heteroatoms. The molecule has 1 amide bonds. The zero-order valence-corrected chi connectivity index (χ0v) is 19.2. The molecule has 1 atom stereocenters. The maximum atomic E-state index is 11.8. The van der Waals surface area contributed by atoms with Gasteiger partial charge in [-0.2, -0.15) is 0 Å². The molecule has 31 heavy (non-hydrogen) atoms. The van der Waals surface area contributed by atoms with Crippen molar-refractivity contribution in [1.82, 2.24) is 5.32 Å². The maximum Gasteiger partial charge on any atom is 0.322 e. The van der Waals surface area contributed by atoms with Crippen LogP contribution in [0.2, 0.25) is 0 Å². The van der Waals surface area contributed by atoms with Crippen LogP contribution in [0, 0.1) is 0 Å². The van der Waals surface area contributed by atoms with Gasteiger partial charge >= 0.3 is 5.97 Å². The van der Waals surface area contributed by atoms with Crippen LogP contribution >= 0.6 is 36.4 Å². The molecule has 1 heterocycles. The summed E-state index contributed by atoms with van der Waals surface area (Å²) in [5.41, 5.74) is 7.46. The SMILES string of the molecule is COC(=O)[C@@H](N)Cc1ccc(Oc2ccc(/C=C3\SC(=S)NC3=O)cc2OC)cc1.Cl. The molecule has 0 bridgehead atoms. The molecule has 3 N–H and O–H groups in total. The normalized spacial score (nSPS) is 15.1. The van der Waals surface area contributed by atoms with Gasteiger partial charge in [0.05, 0.1) is 19.1 Å². The summed E-state index contributed by atoms with van der Waals surface area (Å²) in [5, 5.41) is 2.58. The Morgan fingerprint density at radius 2 is 1.90 bits per heavy atom. The third-order valence-electron chi connectivity index (χ3n) is 4.24. The van der Waals surface area contributed by atoms with Crippen molar-refractivity contribution in [1.29, 1.82) is 0 Å². The van der Waals surface area contributed by atoms with Crippen molar-refractivity contribution in [3.63, 3.8) is 0 Å². The van der Waals surface area contributed by atoms with Gasteiger partial charge in [0.1, 0.15) is 16.1 Å². The number of methoxy groups -OCH3 is 2. The number of amides is 1. The van der Waals surface area contributed by atoms with Crippen LogP contribution in [0.15, 0.2) is 47.4 Å². The number of carbonyl (C=O) groups is 2. The Morgan fingerprint density at radius 3 is 2.48 bits per heavy atom. The number of nitrogens with one attached hydrogen (secondary N) is 1. The predicted molar refractivity (Wildman–Crippen MR) is 127 cm³/mol. The Hall–Kier alpha value is -2.59. The van der Waals surface area contributed by atoms with Crippen molar-refractivity contribution >= 4 is 58.7 Å². The Balaban J connectivity index is 0.00000341. The maximum absolute atomic E-state index is 11.8. The van der Waals surface area contributed by atoms with Crippen molar-refractivity contribution in [2.45, 2.75) is 12.5 Å². The van der Waals surface area contributed by atoms with E-state index in [2.05, 4.69) is 10.1 Å². The number of benzene rings is 2. The number of esters is 1. The van der Waals surface area contributed by atoms with Gasteiger partial charge in [0.15, 0.2) is 11.5 Å². The summed E-state index contributed by atoms with van der Waals surface area (Å²) in [6.07, 6.45) is 2.11. The van der Waals surface area contributed by atoms with Crippen LogP contribution in [-0.4, -0.2) is 36.5 Å². The van der Waals surface area contributed by atoms with Crippen molar-refractivity contribution in [2.75, 3.05) is 14.2 Å². The molecule has 1 aliphatic heterocycles. The number of carbonyl (C=O) groups excluding carboxylic acids is 2. The van der Waals surface area contributed by atoms with E-state index in [1.54, 1.807) is 37.5 Å². The van der Waals surface area contributed by atoms with Gasteiger partial charge in [-0.25, -0.2) is 0 Å². The molecule has 0 unspecified atom stereocenters. The molecule has 1 saturated heterocycles. The Labute approximate surface area is 195 Å². The summed E-state index contributed by atoms with van der Waals surface area (Å²) in [6.45, 7) is 0. The highest BCUT2D eigenvalue weighted by Gasteiger charge is 2.22. The first-order valence-corrected chi connectivity index (χ1v) is 10.1. The third kappa shape index (κ3) is 6.44. The second-order valence-electron chi connectivity index (χ2n) is 6.34. The van der Waals surface area contributed by atoms with E-state index in [0.717, 1.165) is 11.1 Å². The molecule has 1 fully saturated rings. The van der Waals surface area contributed by atoms with Gasteiger partial charge in [0.25, 0.3) is 5.91 Å². The van der Waals surface area contributed by atoms with E-state index in [1.807, 2.05) is 18.2 Å². The summed E-state index contributed by atoms with van der Waals surface area (Å²) in [6, 6.07) is 11.9. The lowest BCUT2D eigenvalue weighted by molar-refractivity contribution is -0.142. The van der Waals surface area contributed by atoms with E-state index in [1.165, 1.54) is 18.9 Å². The molecule has 0 radical (unpaired) electrons. The van der Waals surface area contributed by atoms with Gasteiger partial charge in [-0.3, -0.25) is 9.59 Å². The number of nitrogens with two attached hydrogens (primary N) is 1. The number of hydrogen-bond donors (Lipinski definition) is 2. The topological polar surface area (TPSA) is 99.9 Å². The Bertz CT molecular complexity index is 1010. The van der Waals surface area contributed by atoms with E-state index >= 15 is 0 Å². The Kier molecular flexibility index (Phi) is 8.88. The average molecular weight is 481 g/mol. The molecule has 164 valence electrons. The molecule has 0 aliphatic carbocycles. The van der Waals surface area contributed by atoms with Gasteiger partial charge in [0, 0.05) is 0 Å². The highest BCUT2D eigenvalue weighted by atomic mass is 35.5. The van der Waals surface area contributed by atoms with Crippen LogP contribution in [0.5, 0.6) is 17.2 Å². The summed E-state index contributed by atoms with van der Waals surface area (Å²) in [4.78, 5) is 23.8. The third-order valence-corrected chi connectivity index (χ3v) is 5.40. The highest BCUT2D eigenvalue weighted by molar-refractivity contribution is 8.26. The van der Waals surface area contributed by atoms with Crippen LogP contribution in [-0.2, 0) is 20.7 Å². The van der Waals surface area contributed by atoms with Gasteiger partial charge < -0.3 is 25.3 Å². The van der Waals surface area contributed by atoms with Crippen molar-refractivity contribution in [3.8, 4) is 17.2 Å². The zero-order chi connectivity index (χ0) is 21.7. The molecular formula is C21H21ClN2O5S2. The van der Waals surface area contributed by atoms with Crippen molar-refractivity contribution in [2.24, 2.45) is 5.73 Å². The lowest BCUT2D eigenvalue weighted by Gasteiger charge is -2.12. The summed E-state index contributed by atoms with van der Waals surface area (Å²) in [7, 11) is 2.85. The van der Waals surface area contributed by atoms with Crippen molar-refractivity contribution < 1.29 is 23.8 Å². The second kappa shape index (κ2) is 11.1. The van der Waals surface area contributed by atoms with Crippen LogP contribution in [0.3, 0.4) is 0 Å². The largest absolute Gasteiger partial charge is 0.493 e. The minimum Gasteiger partial charge on any atom is -0.493 e. The van der Waals surface area contributed by atoms with Gasteiger partial charge in [-0.15, -0.1) is 12.4 Å². The molecule has 2 aromatic carbocycles. The van der Waals surface area contributed by atoms with Crippen LogP contribution < -0.4 is 20.5 Å². The monoisotopic (exact) mass is 480 g/mol. The van der Waals surface area contributed by atoms with Gasteiger partial charge in [0.2, 0.25) is 0 Å². The highest BCUT2D eigenvalue weighted by Crippen LogP contribution is 2.34. The summed E-state index contributed by atoms with van der Waals surface area (Å²) < 4.78 is 16.4. The fourth-order valence-corrected chi connectivity index (χ4v) is 3.78. The van der Waals surface area contributed by atoms with Crippen molar-refractivity contribution in [3.05, 3.63) is 58.5 Å². The molecule has 1 aliphatic rings. The minimum atomic E-state index is -0.710. The van der Waals surface area contributed by atoms with E-state index in [9.17, 15) is 9.59 Å². The molecule has 0 saturated carbocycles. The van der Waals surface area contributed by atoms with E-state index in [4.69, 9.17) is 27.4 Å². The molecule has 3 rings (SSSR count). The number of halogens is 1. The number of ether oxygens (including phenoxy) is 3. The standard InChI is InChI=1S/C21H20N2O5S2.ClH/c1-26-17-10-13(11-18-19(24)23-21(29)30-18)5-8-16(17)28-14-6-3-12(4-7-14)9-15(22)20(25)27-2;/h3-8,10-11,15H,9,22H2,1-2H3,(H,23,24,29);1H/b18-11-;/t15-;/m0./s1. The molecular weight excluding hydrogens is 460 g/mol. The second-order valence-corrected chi connectivity index (χ2v) is 8.06. The van der Waals surface area contributed by atoms with Gasteiger partial charge in [-0.1, -0.05) is 42.2 Å². The van der Waals surface area contributed by atoms with Crippen LogP contribution in [0.1, 0.15) is 11.1 Å². The Morgan fingerprint density at radius 1 is 1.19 bits per heavy atom. The van der Waals surface area contributed by atoms with E-state index in [-0.39, 0.29) is 18.3 Å². The quantitative estimate of drug-likeness (QED) is 0.353. The fraction of sp³-hybridized carbons (Fsp3) is 0.190. The molecule has 0 spiro atoms. The number of hydrogen-bond acceptors (Lipinski definition) is 8. The number of thiocarbonyl (C=S) groups is 1. The lowest BCUT2D eigenvalue weighted by atomic mass is 10.1. The number of rotatable bonds is 7. The smallest absolute Gasteiger partial charge is 0.322 e. The lowest BCUT2D eigenvalue weighted by Crippen LogP contribution is -2.33. The van der Waals surface area contributed by atoms with Gasteiger partial charge in [-0.05, 0) is 47.9 Å². The minimum absolute atomic E-state index is 0. The first-order chi connectivity index (χ1) is 14.4. The summed E-state index contributed by atoms with van der Waals surface area (Å²) >= 11 is 6.22. The average Bonchev–Trinajstić information content (AvgIpc) is 3.06. The first-order valence-electron chi connectivity index (χ1n) is 8.92. The molecule has 0 aromatic heterocycles. The predicted octanol–water partition coefficient (Wildman–Crippen LogP) is 3.44. The van der Waals surface area contributed by atoms with E-state index < -0.39 is 12.0 Å². The van der Waals surface area contributed by atoms with Crippen LogP contribution in [0.4, 0.5) is 0 Å². The van der Waals surface area contributed by atoms with E-state index in [0.29, 0.717) is 32.9 Å².